The SMILES string of the molecule is CN=C(NCC1CCC1)NC1C2CCOC2C12CCC2.I. The summed E-state index contributed by atoms with van der Waals surface area (Å²) >= 11 is 0. The van der Waals surface area contributed by atoms with Crippen molar-refractivity contribution in [1.82, 2.24) is 10.6 Å². The van der Waals surface area contributed by atoms with Crippen LogP contribution in [0.4, 0.5) is 0 Å². The first-order chi connectivity index (χ1) is 9.83. The van der Waals surface area contributed by atoms with Crippen LogP contribution in [0.1, 0.15) is 44.9 Å². The smallest absolute Gasteiger partial charge is 0.191 e. The second kappa shape index (κ2) is 6.22. The maximum Gasteiger partial charge on any atom is 0.191 e. The summed E-state index contributed by atoms with van der Waals surface area (Å²) in [5.41, 5.74) is 0.440. The van der Waals surface area contributed by atoms with Gasteiger partial charge in [-0.2, -0.15) is 0 Å². The summed E-state index contributed by atoms with van der Waals surface area (Å²) in [6.07, 6.45) is 10.00. The summed E-state index contributed by atoms with van der Waals surface area (Å²) in [7, 11) is 1.89. The zero-order valence-corrected chi connectivity index (χ0v) is 15.3. The van der Waals surface area contributed by atoms with Gasteiger partial charge in [0.15, 0.2) is 5.96 Å². The average molecular weight is 405 g/mol. The van der Waals surface area contributed by atoms with Gasteiger partial charge in [-0.1, -0.05) is 12.8 Å². The van der Waals surface area contributed by atoms with Gasteiger partial charge in [0, 0.05) is 37.6 Å². The van der Waals surface area contributed by atoms with E-state index in [9.17, 15) is 0 Å². The Hall–Kier alpha value is -0.0400. The van der Waals surface area contributed by atoms with Crippen molar-refractivity contribution in [1.29, 1.82) is 0 Å². The lowest BCUT2D eigenvalue weighted by Gasteiger charge is -2.63. The summed E-state index contributed by atoms with van der Waals surface area (Å²) < 4.78 is 5.98. The van der Waals surface area contributed by atoms with Crippen LogP contribution in [0.25, 0.3) is 0 Å². The molecule has 4 aliphatic rings. The molecule has 1 saturated heterocycles. The Morgan fingerprint density at radius 3 is 2.62 bits per heavy atom. The molecular weight excluding hydrogens is 377 g/mol. The highest BCUT2D eigenvalue weighted by Crippen LogP contribution is 2.62. The van der Waals surface area contributed by atoms with Crippen LogP contribution in [0, 0.1) is 17.3 Å². The van der Waals surface area contributed by atoms with E-state index >= 15 is 0 Å². The fourth-order valence-corrected chi connectivity index (χ4v) is 4.74. The molecule has 21 heavy (non-hydrogen) atoms. The molecule has 3 saturated carbocycles. The lowest BCUT2D eigenvalue weighted by Crippen LogP contribution is -2.72. The first kappa shape index (κ1) is 15.8. The molecule has 4 fully saturated rings. The van der Waals surface area contributed by atoms with Gasteiger partial charge in [0.1, 0.15) is 0 Å². The van der Waals surface area contributed by atoms with Gasteiger partial charge < -0.3 is 15.4 Å². The molecule has 1 spiro atoms. The second-order valence-corrected chi connectivity index (χ2v) is 7.20. The topological polar surface area (TPSA) is 45.7 Å². The monoisotopic (exact) mass is 405 g/mol. The fourth-order valence-electron chi connectivity index (χ4n) is 4.74. The molecule has 4 nitrogen and oxygen atoms in total. The Labute approximate surface area is 144 Å². The fraction of sp³-hybridized carbons (Fsp3) is 0.938. The minimum absolute atomic E-state index is 0. The molecule has 120 valence electrons. The van der Waals surface area contributed by atoms with Crippen molar-refractivity contribution in [3.8, 4) is 0 Å². The van der Waals surface area contributed by atoms with Gasteiger partial charge in [-0.3, -0.25) is 4.99 Å². The van der Waals surface area contributed by atoms with E-state index in [4.69, 9.17) is 4.74 Å². The van der Waals surface area contributed by atoms with E-state index in [1.807, 2.05) is 7.05 Å². The minimum Gasteiger partial charge on any atom is -0.377 e. The predicted octanol–water partition coefficient (Wildman–Crippen LogP) is 2.53. The zero-order chi connectivity index (χ0) is 13.6. The van der Waals surface area contributed by atoms with Crippen molar-refractivity contribution >= 4 is 29.9 Å². The zero-order valence-electron chi connectivity index (χ0n) is 12.9. The molecule has 0 aromatic rings. The van der Waals surface area contributed by atoms with Crippen LogP contribution >= 0.6 is 24.0 Å². The molecule has 1 aliphatic heterocycles. The first-order valence-corrected chi connectivity index (χ1v) is 8.42. The molecule has 3 aliphatic carbocycles. The molecule has 3 unspecified atom stereocenters. The van der Waals surface area contributed by atoms with Crippen LogP contribution in [-0.2, 0) is 4.74 Å². The van der Waals surface area contributed by atoms with Gasteiger partial charge >= 0.3 is 0 Å². The standard InChI is InChI=1S/C16H27N3O.HI/c1-17-15(18-10-11-4-2-5-11)19-13-12-6-9-20-14(12)16(13)7-3-8-16;/h11-14H,2-10H2,1H3,(H2,17,18,19);1H. The van der Waals surface area contributed by atoms with Gasteiger partial charge in [0.25, 0.3) is 0 Å². The molecular formula is C16H28IN3O. The van der Waals surface area contributed by atoms with Crippen LogP contribution in [0.5, 0.6) is 0 Å². The van der Waals surface area contributed by atoms with Gasteiger partial charge in [0.05, 0.1) is 6.10 Å². The molecule has 0 radical (unpaired) electrons. The van der Waals surface area contributed by atoms with Crippen LogP contribution in [0.2, 0.25) is 0 Å². The van der Waals surface area contributed by atoms with Crippen LogP contribution in [0.15, 0.2) is 4.99 Å². The number of aliphatic imine (C=N–C) groups is 1. The van der Waals surface area contributed by atoms with Gasteiger partial charge in [-0.15, -0.1) is 24.0 Å². The van der Waals surface area contributed by atoms with E-state index in [0.717, 1.165) is 30.9 Å². The Kier molecular flexibility index (Phi) is 4.69. The van der Waals surface area contributed by atoms with E-state index in [1.165, 1.54) is 44.9 Å². The number of rotatable bonds is 3. The lowest BCUT2D eigenvalue weighted by atomic mass is 9.46. The molecule has 0 bridgehead atoms. The van der Waals surface area contributed by atoms with Crippen molar-refractivity contribution in [3.05, 3.63) is 0 Å². The molecule has 0 amide bonds. The summed E-state index contributed by atoms with van der Waals surface area (Å²) in [5, 5.41) is 7.26. The van der Waals surface area contributed by atoms with E-state index in [-0.39, 0.29) is 24.0 Å². The highest BCUT2D eigenvalue weighted by atomic mass is 127. The summed E-state index contributed by atoms with van der Waals surface area (Å²) in [6, 6.07) is 0.594. The molecule has 5 heteroatoms. The van der Waals surface area contributed by atoms with Crippen LogP contribution in [-0.4, -0.2) is 38.3 Å². The molecule has 4 rings (SSSR count). The summed E-state index contributed by atoms with van der Waals surface area (Å²) in [5.74, 6) is 2.60. The number of halogens is 1. The largest absolute Gasteiger partial charge is 0.377 e. The van der Waals surface area contributed by atoms with Gasteiger partial charge in [0.2, 0.25) is 0 Å². The summed E-state index contributed by atoms with van der Waals surface area (Å²) in [4.78, 5) is 4.43. The van der Waals surface area contributed by atoms with Crippen molar-refractivity contribution in [3.63, 3.8) is 0 Å². The number of nitrogens with one attached hydrogen (secondary N) is 2. The maximum absolute atomic E-state index is 5.98. The lowest BCUT2D eigenvalue weighted by molar-refractivity contribution is -0.171. The predicted molar refractivity (Wildman–Crippen MR) is 95.2 cm³/mol. The Morgan fingerprint density at radius 1 is 1.24 bits per heavy atom. The number of hydrogen-bond acceptors (Lipinski definition) is 2. The number of ether oxygens (including phenoxy) is 1. The second-order valence-electron chi connectivity index (χ2n) is 7.20. The maximum atomic E-state index is 5.98. The number of guanidine groups is 1. The number of fused-ring (bicyclic) bond motifs is 2. The average Bonchev–Trinajstić information content (AvgIpc) is 2.74. The quantitative estimate of drug-likeness (QED) is 0.431. The van der Waals surface area contributed by atoms with Crippen LogP contribution in [0.3, 0.4) is 0 Å². The van der Waals surface area contributed by atoms with E-state index < -0.39 is 0 Å². The number of nitrogens with zero attached hydrogens (tertiary/aromatic N) is 1. The highest BCUT2D eigenvalue weighted by Gasteiger charge is 2.66. The normalized spacial score (nSPS) is 36.8. The third-order valence-corrected chi connectivity index (χ3v) is 6.33. The van der Waals surface area contributed by atoms with Crippen molar-refractivity contribution in [2.24, 2.45) is 22.2 Å². The Morgan fingerprint density at radius 2 is 2.05 bits per heavy atom. The Balaban J connectivity index is 0.00000132. The van der Waals surface area contributed by atoms with E-state index in [0.29, 0.717) is 17.6 Å². The molecule has 3 atom stereocenters. The van der Waals surface area contributed by atoms with Crippen LogP contribution < -0.4 is 10.6 Å². The van der Waals surface area contributed by atoms with Crippen molar-refractivity contribution in [2.75, 3.05) is 20.2 Å². The molecule has 0 aromatic heterocycles. The first-order valence-electron chi connectivity index (χ1n) is 8.42. The molecule has 1 heterocycles. The molecule has 0 aromatic carbocycles. The van der Waals surface area contributed by atoms with Gasteiger partial charge in [-0.25, -0.2) is 0 Å². The highest BCUT2D eigenvalue weighted by molar-refractivity contribution is 14.0. The number of hydrogen-bond donors (Lipinski definition) is 2. The Bertz CT molecular complexity index is 406. The van der Waals surface area contributed by atoms with Gasteiger partial charge in [-0.05, 0) is 38.0 Å². The van der Waals surface area contributed by atoms with E-state index in [1.54, 1.807) is 0 Å². The minimum atomic E-state index is 0. The third-order valence-electron chi connectivity index (χ3n) is 6.33. The van der Waals surface area contributed by atoms with E-state index in [2.05, 4.69) is 15.6 Å². The molecule has 2 N–H and O–H groups in total. The van der Waals surface area contributed by atoms with Crippen molar-refractivity contribution < 1.29 is 4.74 Å². The third kappa shape index (κ3) is 2.48. The van der Waals surface area contributed by atoms with Crippen molar-refractivity contribution in [2.45, 2.75) is 57.1 Å². The summed E-state index contributed by atoms with van der Waals surface area (Å²) in [6.45, 7) is 2.05.